The molecule has 3 heterocycles. The van der Waals surface area contributed by atoms with Crippen LogP contribution in [-0.4, -0.2) is 20.7 Å². The number of hydrogen-bond acceptors (Lipinski definition) is 3. The van der Waals surface area contributed by atoms with Gasteiger partial charge in [0.15, 0.2) is 0 Å². The summed E-state index contributed by atoms with van der Waals surface area (Å²) in [6, 6.07) is 8.34. The first-order valence-electron chi connectivity index (χ1n) is 9.52. The predicted molar refractivity (Wildman–Crippen MR) is 106 cm³/mol. The zero-order valence-corrected chi connectivity index (χ0v) is 16.3. The van der Waals surface area contributed by atoms with Crippen LogP contribution >= 0.6 is 0 Å². The van der Waals surface area contributed by atoms with Gasteiger partial charge in [-0.25, -0.2) is 19.2 Å². The van der Waals surface area contributed by atoms with Crippen molar-refractivity contribution >= 4 is 22.8 Å². The molecule has 142 valence electrons. The van der Waals surface area contributed by atoms with Gasteiger partial charge in [0.1, 0.15) is 5.69 Å². The van der Waals surface area contributed by atoms with Crippen molar-refractivity contribution in [3.63, 3.8) is 0 Å². The molecule has 7 nitrogen and oxygen atoms in total. The van der Waals surface area contributed by atoms with Gasteiger partial charge in [-0.3, -0.25) is 13.9 Å². The van der Waals surface area contributed by atoms with Gasteiger partial charge >= 0.3 is 11.6 Å². The molecule has 4 rings (SSSR count). The van der Waals surface area contributed by atoms with Crippen LogP contribution in [0.15, 0.2) is 33.9 Å². The Balaban J connectivity index is 2.02. The third-order valence-electron chi connectivity index (χ3n) is 5.29. The molecule has 3 aromatic rings. The van der Waals surface area contributed by atoms with E-state index in [1.54, 1.807) is 11.6 Å². The fraction of sp³-hybridized carbons (Fsp3) is 0.450. The molecule has 1 aliphatic heterocycles. The van der Waals surface area contributed by atoms with Gasteiger partial charge in [-0.1, -0.05) is 26.0 Å². The van der Waals surface area contributed by atoms with Crippen molar-refractivity contribution in [3.8, 4) is 0 Å². The highest BCUT2D eigenvalue weighted by Crippen LogP contribution is 2.28. The fourth-order valence-electron chi connectivity index (χ4n) is 4.02. The van der Waals surface area contributed by atoms with Gasteiger partial charge in [-0.15, -0.1) is 0 Å². The van der Waals surface area contributed by atoms with E-state index < -0.39 is 0 Å². The molecule has 7 heteroatoms. The summed E-state index contributed by atoms with van der Waals surface area (Å²) in [6.45, 7) is 8.26. The zero-order valence-electron chi connectivity index (χ0n) is 16.3. The molecule has 1 N–H and O–H groups in total. The SMILES string of the molecule is CCCn1c(=O)c2c([nH]c3[n+]2C[C@@H](C)CN3c2cccc(C)c2)n(C)c1=O. The van der Waals surface area contributed by atoms with Gasteiger partial charge in [0, 0.05) is 19.5 Å². The summed E-state index contributed by atoms with van der Waals surface area (Å²) in [6.07, 6.45) is 0.740. The van der Waals surface area contributed by atoms with E-state index in [1.165, 1.54) is 10.1 Å². The molecule has 0 spiro atoms. The van der Waals surface area contributed by atoms with Gasteiger partial charge in [0.05, 0.1) is 13.1 Å². The van der Waals surface area contributed by atoms with Gasteiger partial charge in [-0.2, -0.15) is 0 Å². The van der Waals surface area contributed by atoms with E-state index in [9.17, 15) is 9.59 Å². The molecule has 0 aliphatic carbocycles. The Morgan fingerprint density at radius 3 is 2.78 bits per heavy atom. The summed E-state index contributed by atoms with van der Waals surface area (Å²) in [7, 11) is 1.72. The molecule has 27 heavy (non-hydrogen) atoms. The minimum atomic E-state index is -0.274. The molecule has 1 atom stereocenters. The molecule has 0 fully saturated rings. The van der Waals surface area contributed by atoms with E-state index in [4.69, 9.17) is 0 Å². The third kappa shape index (κ3) is 2.69. The monoisotopic (exact) mass is 368 g/mol. The number of hydrogen-bond donors (Lipinski definition) is 1. The lowest BCUT2D eigenvalue weighted by molar-refractivity contribution is -0.669. The molecule has 2 aromatic heterocycles. The first kappa shape index (κ1) is 17.6. The number of aromatic nitrogens is 4. The lowest BCUT2D eigenvalue weighted by Gasteiger charge is -2.26. The van der Waals surface area contributed by atoms with E-state index in [0.29, 0.717) is 23.6 Å². The molecule has 0 bridgehead atoms. The molecular weight excluding hydrogens is 342 g/mol. The molecule has 0 radical (unpaired) electrons. The van der Waals surface area contributed by atoms with Crippen molar-refractivity contribution in [2.45, 2.75) is 40.3 Å². The highest BCUT2D eigenvalue weighted by Gasteiger charge is 2.35. The quantitative estimate of drug-likeness (QED) is 0.717. The Kier molecular flexibility index (Phi) is 4.17. The number of benzene rings is 1. The topological polar surface area (TPSA) is 66.9 Å². The van der Waals surface area contributed by atoms with E-state index >= 15 is 0 Å². The minimum Gasteiger partial charge on any atom is -0.267 e. The highest BCUT2D eigenvalue weighted by atomic mass is 16.2. The van der Waals surface area contributed by atoms with E-state index in [-0.39, 0.29) is 11.2 Å². The number of anilines is 2. The second-order valence-electron chi connectivity index (χ2n) is 7.61. The Bertz CT molecular complexity index is 1140. The van der Waals surface area contributed by atoms with Crippen LogP contribution in [0.3, 0.4) is 0 Å². The molecular formula is C20H26N5O2+. The van der Waals surface area contributed by atoms with Gasteiger partial charge in [0.2, 0.25) is 11.2 Å². The lowest BCUT2D eigenvalue weighted by Crippen LogP contribution is -2.52. The smallest absolute Gasteiger partial charge is 0.267 e. The van der Waals surface area contributed by atoms with Crippen LogP contribution in [0.5, 0.6) is 0 Å². The van der Waals surface area contributed by atoms with Crippen molar-refractivity contribution < 1.29 is 4.57 Å². The maximum Gasteiger partial charge on any atom is 0.364 e. The predicted octanol–water partition coefficient (Wildman–Crippen LogP) is 1.82. The normalized spacial score (nSPS) is 16.7. The fourth-order valence-corrected chi connectivity index (χ4v) is 4.02. The first-order valence-corrected chi connectivity index (χ1v) is 9.52. The number of imidazole rings is 1. The Morgan fingerprint density at radius 2 is 2.07 bits per heavy atom. The summed E-state index contributed by atoms with van der Waals surface area (Å²) >= 11 is 0. The number of nitrogens with zero attached hydrogens (tertiary/aromatic N) is 4. The van der Waals surface area contributed by atoms with E-state index in [2.05, 4.69) is 41.9 Å². The maximum absolute atomic E-state index is 13.1. The molecule has 0 saturated carbocycles. The second kappa shape index (κ2) is 6.40. The van der Waals surface area contributed by atoms with Crippen LogP contribution < -0.4 is 20.7 Å². The molecule has 0 unspecified atom stereocenters. The Labute approximate surface area is 157 Å². The maximum atomic E-state index is 13.1. The summed E-state index contributed by atoms with van der Waals surface area (Å²) < 4.78 is 4.94. The van der Waals surface area contributed by atoms with Crippen LogP contribution in [0.4, 0.5) is 11.6 Å². The molecule has 1 aromatic carbocycles. The number of rotatable bonds is 3. The molecule has 0 amide bonds. The summed E-state index contributed by atoms with van der Waals surface area (Å²) in [5.74, 6) is 1.23. The van der Waals surface area contributed by atoms with Crippen molar-refractivity contribution in [2.75, 3.05) is 11.4 Å². The average Bonchev–Trinajstić information content (AvgIpc) is 3.02. The van der Waals surface area contributed by atoms with Crippen molar-refractivity contribution in [3.05, 3.63) is 50.7 Å². The van der Waals surface area contributed by atoms with Crippen LogP contribution in [0.1, 0.15) is 25.8 Å². The van der Waals surface area contributed by atoms with Crippen molar-refractivity contribution in [1.82, 2.24) is 14.1 Å². The summed E-state index contributed by atoms with van der Waals surface area (Å²) in [5, 5.41) is 0. The number of fused-ring (bicyclic) bond motifs is 3. The third-order valence-corrected chi connectivity index (χ3v) is 5.29. The van der Waals surface area contributed by atoms with Crippen molar-refractivity contribution in [2.24, 2.45) is 13.0 Å². The largest absolute Gasteiger partial charge is 0.364 e. The number of nitrogens with one attached hydrogen (secondary N) is 1. The first-order chi connectivity index (χ1) is 12.9. The van der Waals surface area contributed by atoms with E-state index in [0.717, 1.165) is 31.1 Å². The highest BCUT2D eigenvalue weighted by molar-refractivity contribution is 5.70. The van der Waals surface area contributed by atoms with Crippen molar-refractivity contribution in [1.29, 1.82) is 0 Å². The Morgan fingerprint density at radius 1 is 1.30 bits per heavy atom. The average molecular weight is 368 g/mol. The standard InChI is InChI=1S/C20H25N5O2/c1-5-9-23-18(26)16-17(22(4)20(23)27)21-19-24(11-14(3)12-25(16)19)15-8-6-7-13(2)10-15/h6-8,10,14H,5,9,11-12H2,1-4H3/p+1/t14-/m0/s1. The van der Waals surface area contributed by atoms with E-state index in [1.807, 2.05) is 17.6 Å². The van der Waals surface area contributed by atoms with Gasteiger partial charge in [-0.05, 0) is 31.0 Å². The Hall–Kier alpha value is -2.83. The summed E-state index contributed by atoms with van der Waals surface area (Å²) in [4.78, 5) is 31.3. The van der Waals surface area contributed by atoms with Crippen LogP contribution in [0.25, 0.3) is 11.2 Å². The number of aryl methyl sites for hydroxylation is 2. The minimum absolute atomic E-state index is 0.212. The number of H-pyrrole nitrogens is 1. The van der Waals surface area contributed by atoms with Crippen LogP contribution in [0.2, 0.25) is 0 Å². The summed E-state index contributed by atoms with van der Waals surface area (Å²) in [5.41, 5.74) is 2.94. The van der Waals surface area contributed by atoms with Gasteiger partial charge in [0.25, 0.3) is 5.56 Å². The molecule has 1 aliphatic rings. The number of aromatic amines is 1. The lowest BCUT2D eigenvalue weighted by atomic mass is 10.1. The molecule has 0 saturated heterocycles. The van der Waals surface area contributed by atoms with Crippen LogP contribution in [-0.2, 0) is 20.1 Å². The van der Waals surface area contributed by atoms with Gasteiger partial charge < -0.3 is 0 Å². The van der Waals surface area contributed by atoms with Crippen LogP contribution in [0, 0.1) is 12.8 Å². The zero-order chi connectivity index (χ0) is 19.3. The second-order valence-corrected chi connectivity index (χ2v) is 7.61.